The first-order chi connectivity index (χ1) is 10.0. The van der Waals surface area contributed by atoms with E-state index >= 15 is 0 Å². The van der Waals surface area contributed by atoms with E-state index in [2.05, 4.69) is 66.9 Å². The Balaban J connectivity index is 2.23. The predicted octanol–water partition coefficient (Wildman–Crippen LogP) is 4.79. The lowest BCUT2D eigenvalue weighted by molar-refractivity contribution is 0.0934. The van der Waals surface area contributed by atoms with Gasteiger partial charge in [0.15, 0.2) is 0 Å². The maximum atomic E-state index is 12.5. The van der Waals surface area contributed by atoms with Crippen LogP contribution in [0.4, 0.5) is 0 Å². The molecule has 1 amide bonds. The van der Waals surface area contributed by atoms with Gasteiger partial charge in [0.05, 0.1) is 11.6 Å². The van der Waals surface area contributed by atoms with Gasteiger partial charge in [-0.1, -0.05) is 42.8 Å². The van der Waals surface area contributed by atoms with Crippen LogP contribution < -0.4 is 5.32 Å². The summed E-state index contributed by atoms with van der Waals surface area (Å²) >= 11 is 2.20. The Morgan fingerprint density at radius 3 is 2.52 bits per heavy atom. The van der Waals surface area contributed by atoms with Crippen LogP contribution in [0.3, 0.4) is 0 Å². The van der Waals surface area contributed by atoms with Crippen LogP contribution in [0.25, 0.3) is 0 Å². The van der Waals surface area contributed by atoms with Crippen molar-refractivity contribution in [2.24, 2.45) is 0 Å². The maximum Gasteiger partial charge on any atom is 0.252 e. The number of amides is 1. The Labute approximate surface area is 140 Å². The summed E-state index contributed by atoms with van der Waals surface area (Å²) in [5.74, 6) is -0.00757. The highest BCUT2D eigenvalue weighted by molar-refractivity contribution is 14.1. The predicted molar refractivity (Wildman–Crippen MR) is 95.6 cm³/mol. The molecule has 0 radical (unpaired) electrons. The lowest BCUT2D eigenvalue weighted by atomic mass is 9.97. The molecule has 0 aliphatic heterocycles. The van der Waals surface area contributed by atoms with Gasteiger partial charge >= 0.3 is 0 Å². The Morgan fingerprint density at radius 2 is 1.90 bits per heavy atom. The summed E-state index contributed by atoms with van der Waals surface area (Å²) in [6, 6.07) is 14.1. The molecule has 21 heavy (non-hydrogen) atoms. The van der Waals surface area contributed by atoms with Crippen molar-refractivity contribution in [2.75, 3.05) is 0 Å². The number of nitrogens with one attached hydrogen (secondary N) is 1. The number of carbonyl (C=O) groups is 1. The van der Waals surface area contributed by atoms with Crippen LogP contribution in [-0.4, -0.2) is 5.91 Å². The molecule has 2 aromatic rings. The van der Waals surface area contributed by atoms with Gasteiger partial charge in [-0.2, -0.15) is 0 Å². The molecular formula is C18H20INO. The zero-order chi connectivity index (χ0) is 15.4. The van der Waals surface area contributed by atoms with Gasteiger partial charge in [0.1, 0.15) is 0 Å². The van der Waals surface area contributed by atoms with Crippen LogP contribution in [0, 0.1) is 17.4 Å². The van der Waals surface area contributed by atoms with E-state index in [0.717, 1.165) is 15.6 Å². The molecule has 0 aliphatic rings. The van der Waals surface area contributed by atoms with Gasteiger partial charge in [0.2, 0.25) is 0 Å². The molecule has 3 heteroatoms. The molecule has 0 aromatic heterocycles. The van der Waals surface area contributed by atoms with Gasteiger partial charge in [-0.15, -0.1) is 0 Å². The van der Waals surface area contributed by atoms with E-state index in [-0.39, 0.29) is 11.9 Å². The second-order valence-electron chi connectivity index (χ2n) is 5.27. The van der Waals surface area contributed by atoms with Crippen molar-refractivity contribution in [1.29, 1.82) is 0 Å². The SMILES string of the molecule is CC[C@H](NC(=O)c1ccccc1I)c1ccc(C)cc1C. The van der Waals surface area contributed by atoms with Gasteiger partial charge in [0, 0.05) is 3.57 Å². The lowest BCUT2D eigenvalue weighted by Crippen LogP contribution is -2.29. The Morgan fingerprint density at radius 1 is 1.19 bits per heavy atom. The maximum absolute atomic E-state index is 12.5. The summed E-state index contributed by atoms with van der Waals surface area (Å²) in [7, 11) is 0. The minimum atomic E-state index is -0.00757. The average molecular weight is 393 g/mol. The molecule has 2 aromatic carbocycles. The summed E-state index contributed by atoms with van der Waals surface area (Å²) in [5.41, 5.74) is 4.41. The molecule has 0 bridgehead atoms. The second kappa shape index (κ2) is 7.07. The van der Waals surface area contributed by atoms with Crippen molar-refractivity contribution < 1.29 is 4.79 Å². The van der Waals surface area contributed by atoms with E-state index in [1.54, 1.807) is 0 Å². The van der Waals surface area contributed by atoms with Crippen LogP contribution in [0.1, 0.15) is 46.4 Å². The quantitative estimate of drug-likeness (QED) is 0.744. The number of rotatable bonds is 4. The fraction of sp³-hybridized carbons (Fsp3) is 0.278. The van der Waals surface area contributed by atoms with Crippen LogP contribution in [-0.2, 0) is 0 Å². The summed E-state index contributed by atoms with van der Waals surface area (Å²) in [5, 5.41) is 3.16. The number of carbonyl (C=O) groups excluding carboxylic acids is 1. The number of aryl methyl sites for hydroxylation is 2. The fourth-order valence-corrected chi connectivity index (χ4v) is 3.13. The largest absolute Gasteiger partial charge is 0.345 e. The number of hydrogen-bond acceptors (Lipinski definition) is 1. The van der Waals surface area contributed by atoms with Crippen LogP contribution in [0.15, 0.2) is 42.5 Å². The normalized spacial score (nSPS) is 12.0. The second-order valence-corrected chi connectivity index (χ2v) is 6.44. The van der Waals surface area contributed by atoms with E-state index in [1.807, 2.05) is 24.3 Å². The summed E-state index contributed by atoms with van der Waals surface area (Å²) in [6.07, 6.45) is 0.874. The summed E-state index contributed by atoms with van der Waals surface area (Å²) in [6.45, 7) is 6.28. The minimum Gasteiger partial charge on any atom is -0.345 e. The molecule has 0 unspecified atom stereocenters. The van der Waals surface area contributed by atoms with Gasteiger partial charge in [-0.25, -0.2) is 0 Å². The molecule has 0 saturated carbocycles. The molecule has 0 spiro atoms. The molecule has 110 valence electrons. The number of hydrogen-bond donors (Lipinski definition) is 1. The molecule has 2 rings (SSSR count). The van der Waals surface area contributed by atoms with Crippen LogP contribution in [0.5, 0.6) is 0 Å². The highest BCUT2D eigenvalue weighted by atomic mass is 127. The molecule has 1 N–H and O–H groups in total. The van der Waals surface area contributed by atoms with Gasteiger partial charge in [-0.3, -0.25) is 4.79 Å². The third-order valence-corrected chi connectivity index (χ3v) is 4.57. The van der Waals surface area contributed by atoms with E-state index in [1.165, 1.54) is 16.7 Å². The first-order valence-electron chi connectivity index (χ1n) is 7.15. The standard InChI is InChI=1S/C18H20INO/c1-4-17(14-10-9-12(2)11-13(14)3)20-18(21)15-7-5-6-8-16(15)19/h5-11,17H,4H2,1-3H3,(H,20,21)/t17-/m0/s1. The van der Waals surface area contributed by atoms with Gasteiger partial charge < -0.3 is 5.32 Å². The topological polar surface area (TPSA) is 29.1 Å². The molecule has 0 fully saturated rings. The molecular weight excluding hydrogens is 373 g/mol. The molecule has 0 aliphatic carbocycles. The molecule has 0 heterocycles. The van der Waals surface area contributed by atoms with E-state index < -0.39 is 0 Å². The Kier molecular flexibility index (Phi) is 5.39. The molecule has 2 nitrogen and oxygen atoms in total. The van der Waals surface area contributed by atoms with Crippen LogP contribution in [0.2, 0.25) is 0 Å². The average Bonchev–Trinajstić information content (AvgIpc) is 2.45. The Hall–Kier alpha value is -1.36. The number of halogens is 1. The van der Waals surface area contributed by atoms with Crippen LogP contribution >= 0.6 is 22.6 Å². The van der Waals surface area contributed by atoms with Crippen molar-refractivity contribution in [2.45, 2.75) is 33.2 Å². The monoisotopic (exact) mass is 393 g/mol. The molecule has 0 saturated heterocycles. The number of benzene rings is 2. The third kappa shape index (κ3) is 3.84. The van der Waals surface area contributed by atoms with E-state index in [4.69, 9.17) is 0 Å². The highest BCUT2D eigenvalue weighted by Gasteiger charge is 2.17. The van der Waals surface area contributed by atoms with Crippen molar-refractivity contribution in [1.82, 2.24) is 5.32 Å². The lowest BCUT2D eigenvalue weighted by Gasteiger charge is -2.20. The first-order valence-corrected chi connectivity index (χ1v) is 8.23. The smallest absolute Gasteiger partial charge is 0.252 e. The third-order valence-electron chi connectivity index (χ3n) is 3.63. The highest BCUT2D eigenvalue weighted by Crippen LogP contribution is 2.22. The van der Waals surface area contributed by atoms with Crippen molar-refractivity contribution in [3.8, 4) is 0 Å². The van der Waals surface area contributed by atoms with E-state index in [9.17, 15) is 4.79 Å². The summed E-state index contributed by atoms with van der Waals surface area (Å²) < 4.78 is 0.975. The summed E-state index contributed by atoms with van der Waals surface area (Å²) in [4.78, 5) is 12.5. The zero-order valence-electron chi connectivity index (χ0n) is 12.6. The molecule has 1 atom stereocenters. The Bertz CT molecular complexity index is 651. The van der Waals surface area contributed by atoms with Crippen molar-refractivity contribution in [3.63, 3.8) is 0 Å². The van der Waals surface area contributed by atoms with Gasteiger partial charge in [-0.05, 0) is 66.1 Å². The van der Waals surface area contributed by atoms with Crippen molar-refractivity contribution in [3.05, 3.63) is 68.3 Å². The van der Waals surface area contributed by atoms with Crippen molar-refractivity contribution >= 4 is 28.5 Å². The minimum absolute atomic E-state index is 0.00757. The fourth-order valence-electron chi connectivity index (χ4n) is 2.50. The van der Waals surface area contributed by atoms with E-state index in [0.29, 0.717) is 0 Å². The van der Waals surface area contributed by atoms with Gasteiger partial charge in [0.25, 0.3) is 5.91 Å². The zero-order valence-corrected chi connectivity index (χ0v) is 14.8. The first kappa shape index (κ1) is 16.0.